The summed E-state index contributed by atoms with van der Waals surface area (Å²) in [4.78, 5) is 14.1. The Morgan fingerprint density at radius 2 is 2.19 bits per heavy atom. The predicted octanol–water partition coefficient (Wildman–Crippen LogP) is 1.40. The lowest BCUT2D eigenvalue weighted by Crippen LogP contribution is -2.37. The van der Waals surface area contributed by atoms with Gasteiger partial charge in [-0.25, -0.2) is 0 Å². The van der Waals surface area contributed by atoms with E-state index in [1.165, 1.54) is 5.56 Å². The largest absolute Gasteiger partial charge is 0.355 e. The molecule has 1 fully saturated rings. The lowest BCUT2D eigenvalue weighted by molar-refractivity contribution is -0.122. The van der Waals surface area contributed by atoms with E-state index in [0.717, 1.165) is 38.9 Å². The van der Waals surface area contributed by atoms with Crippen molar-refractivity contribution in [3.8, 4) is 0 Å². The van der Waals surface area contributed by atoms with Crippen molar-refractivity contribution in [3.05, 3.63) is 35.9 Å². The summed E-state index contributed by atoms with van der Waals surface area (Å²) < 4.78 is 0. The molecule has 2 atom stereocenters. The number of aryl methyl sites for hydroxylation is 1. The van der Waals surface area contributed by atoms with Crippen molar-refractivity contribution in [3.63, 3.8) is 0 Å². The van der Waals surface area contributed by atoms with Gasteiger partial charge in [0.1, 0.15) is 0 Å². The second-order valence-corrected chi connectivity index (χ2v) is 6.08. The highest BCUT2D eigenvalue weighted by Gasteiger charge is 2.26. The third-order valence-corrected chi connectivity index (χ3v) is 4.23. The van der Waals surface area contributed by atoms with Crippen LogP contribution in [0.1, 0.15) is 25.3 Å². The van der Waals surface area contributed by atoms with Gasteiger partial charge < -0.3 is 11.1 Å². The molecule has 0 bridgehead atoms. The Bertz CT molecular complexity index is 433. The van der Waals surface area contributed by atoms with Crippen LogP contribution in [0.5, 0.6) is 0 Å². The van der Waals surface area contributed by atoms with Crippen LogP contribution in [-0.4, -0.2) is 43.0 Å². The normalized spacial score (nSPS) is 20.4. The lowest BCUT2D eigenvalue weighted by atomic mass is 10.0. The quantitative estimate of drug-likeness (QED) is 0.746. The second-order valence-electron chi connectivity index (χ2n) is 6.08. The van der Waals surface area contributed by atoms with E-state index < -0.39 is 0 Å². The average Bonchev–Trinajstić information content (AvgIpc) is 2.93. The fraction of sp³-hybridized carbons (Fsp3) is 0.588. The molecule has 116 valence electrons. The number of hydrogen-bond acceptors (Lipinski definition) is 3. The van der Waals surface area contributed by atoms with E-state index in [9.17, 15) is 4.79 Å². The summed E-state index contributed by atoms with van der Waals surface area (Å²) in [6, 6.07) is 10.6. The lowest BCUT2D eigenvalue weighted by Gasteiger charge is -2.17. The van der Waals surface area contributed by atoms with Gasteiger partial charge in [0.05, 0.1) is 6.54 Å². The van der Waals surface area contributed by atoms with Gasteiger partial charge in [0.2, 0.25) is 5.91 Å². The number of hydrogen-bond donors (Lipinski definition) is 2. The molecule has 4 nitrogen and oxygen atoms in total. The number of amides is 1. The highest BCUT2D eigenvalue weighted by atomic mass is 16.2. The number of benzene rings is 1. The smallest absolute Gasteiger partial charge is 0.234 e. The summed E-state index contributed by atoms with van der Waals surface area (Å²) in [5.41, 5.74) is 7.24. The number of nitrogens with zero attached hydrogens (tertiary/aromatic N) is 1. The number of likely N-dealkylation sites (tertiary alicyclic amines) is 1. The Morgan fingerprint density at radius 3 is 2.86 bits per heavy atom. The van der Waals surface area contributed by atoms with E-state index in [2.05, 4.69) is 41.4 Å². The van der Waals surface area contributed by atoms with Crippen LogP contribution in [0.25, 0.3) is 0 Å². The van der Waals surface area contributed by atoms with E-state index in [1.807, 2.05) is 6.07 Å². The molecule has 0 spiro atoms. The van der Waals surface area contributed by atoms with E-state index in [4.69, 9.17) is 5.73 Å². The Balaban J connectivity index is 1.58. The first-order valence-electron chi connectivity index (χ1n) is 7.93. The fourth-order valence-electron chi connectivity index (χ4n) is 2.86. The predicted molar refractivity (Wildman–Crippen MR) is 86.0 cm³/mol. The first-order valence-corrected chi connectivity index (χ1v) is 7.93. The molecule has 2 rings (SSSR count). The average molecular weight is 289 g/mol. The molecule has 0 saturated carbocycles. The summed E-state index contributed by atoms with van der Waals surface area (Å²) in [6.07, 6.45) is 3.11. The van der Waals surface area contributed by atoms with Crippen LogP contribution >= 0.6 is 0 Å². The molecule has 21 heavy (non-hydrogen) atoms. The molecule has 0 radical (unpaired) electrons. The molecule has 4 heteroatoms. The zero-order valence-corrected chi connectivity index (χ0v) is 12.9. The minimum Gasteiger partial charge on any atom is -0.355 e. The standard InChI is InChI=1S/C17H27N3O/c1-14(18)16-9-11-20(12-16)13-17(21)19-10-5-8-15-6-3-2-4-7-15/h2-4,6-7,14,16H,5,8-13,18H2,1H3,(H,19,21). The van der Waals surface area contributed by atoms with Crippen LogP contribution in [0.15, 0.2) is 30.3 Å². The molecule has 1 aliphatic heterocycles. The van der Waals surface area contributed by atoms with Crippen LogP contribution in [0.2, 0.25) is 0 Å². The van der Waals surface area contributed by atoms with Crippen LogP contribution in [-0.2, 0) is 11.2 Å². The van der Waals surface area contributed by atoms with E-state index >= 15 is 0 Å². The van der Waals surface area contributed by atoms with E-state index in [-0.39, 0.29) is 11.9 Å². The molecule has 1 aromatic rings. The van der Waals surface area contributed by atoms with Crippen LogP contribution in [0, 0.1) is 5.92 Å². The fourth-order valence-corrected chi connectivity index (χ4v) is 2.86. The van der Waals surface area contributed by atoms with Crippen molar-refractivity contribution >= 4 is 5.91 Å². The maximum absolute atomic E-state index is 11.9. The van der Waals surface area contributed by atoms with Crippen molar-refractivity contribution < 1.29 is 4.79 Å². The molecule has 2 unspecified atom stereocenters. The van der Waals surface area contributed by atoms with E-state index in [1.54, 1.807) is 0 Å². The Kier molecular flexibility index (Phi) is 6.21. The van der Waals surface area contributed by atoms with Gasteiger partial charge in [0.25, 0.3) is 0 Å². The summed E-state index contributed by atoms with van der Waals surface area (Å²) in [5, 5.41) is 3.01. The maximum atomic E-state index is 11.9. The van der Waals surface area contributed by atoms with Gasteiger partial charge in [-0.3, -0.25) is 9.69 Å². The van der Waals surface area contributed by atoms with Crippen molar-refractivity contribution in [1.82, 2.24) is 10.2 Å². The van der Waals surface area contributed by atoms with Crippen LogP contribution in [0.3, 0.4) is 0 Å². The van der Waals surface area contributed by atoms with Gasteiger partial charge in [-0.05, 0) is 44.2 Å². The summed E-state index contributed by atoms with van der Waals surface area (Å²) in [6.45, 7) is 5.25. The highest BCUT2D eigenvalue weighted by molar-refractivity contribution is 5.78. The van der Waals surface area contributed by atoms with Crippen LogP contribution < -0.4 is 11.1 Å². The molecule has 0 aliphatic carbocycles. The molecule has 3 N–H and O–H groups in total. The van der Waals surface area contributed by atoms with Gasteiger partial charge in [0.15, 0.2) is 0 Å². The van der Waals surface area contributed by atoms with Crippen molar-refractivity contribution in [2.75, 3.05) is 26.2 Å². The zero-order valence-electron chi connectivity index (χ0n) is 12.9. The third kappa shape index (κ3) is 5.48. The van der Waals surface area contributed by atoms with Gasteiger partial charge >= 0.3 is 0 Å². The van der Waals surface area contributed by atoms with Gasteiger partial charge in [-0.1, -0.05) is 30.3 Å². The summed E-state index contributed by atoms with van der Waals surface area (Å²) in [7, 11) is 0. The molecule has 1 heterocycles. The zero-order chi connectivity index (χ0) is 15.1. The third-order valence-electron chi connectivity index (χ3n) is 4.23. The van der Waals surface area contributed by atoms with Gasteiger partial charge in [0, 0.05) is 19.1 Å². The molecule has 1 saturated heterocycles. The summed E-state index contributed by atoms with van der Waals surface area (Å²) >= 11 is 0. The van der Waals surface area contributed by atoms with Crippen LogP contribution in [0.4, 0.5) is 0 Å². The first kappa shape index (κ1) is 16.0. The Hall–Kier alpha value is -1.39. The second kappa shape index (κ2) is 8.15. The molecular formula is C17H27N3O. The number of carbonyl (C=O) groups excluding carboxylic acids is 1. The molecule has 0 aromatic heterocycles. The van der Waals surface area contributed by atoms with Gasteiger partial charge in [-0.2, -0.15) is 0 Å². The van der Waals surface area contributed by atoms with Crippen molar-refractivity contribution in [2.45, 2.75) is 32.2 Å². The topological polar surface area (TPSA) is 58.4 Å². The molecular weight excluding hydrogens is 262 g/mol. The van der Waals surface area contributed by atoms with Gasteiger partial charge in [-0.15, -0.1) is 0 Å². The highest BCUT2D eigenvalue weighted by Crippen LogP contribution is 2.17. The number of nitrogens with one attached hydrogen (secondary N) is 1. The minimum absolute atomic E-state index is 0.133. The number of carbonyl (C=O) groups is 1. The Morgan fingerprint density at radius 1 is 1.43 bits per heavy atom. The van der Waals surface area contributed by atoms with Crippen molar-refractivity contribution in [1.29, 1.82) is 0 Å². The first-order chi connectivity index (χ1) is 10.1. The SMILES string of the molecule is CC(N)C1CCN(CC(=O)NCCCc2ccccc2)C1. The van der Waals surface area contributed by atoms with E-state index in [0.29, 0.717) is 12.5 Å². The maximum Gasteiger partial charge on any atom is 0.234 e. The Labute approximate surface area is 127 Å². The monoisotopic (exact) mass is 289 g/mol. The number of rotatable bonds is 7. The minimum atomic E-state index is 0.133. The van der Waals surface area contributed by atoms with Crippen molar-refractivity contribution in [2.24, 2.45) is 11.7 Å². The molecule has 1 amide bonds. The molecule has 1 aliphatic rings. The molecule has 1 aromatic carbocycles. The number of nitrogens with two attached hydrogens (primary N) is 1. The summed E-state index contributed by atoms with van der Waals surface area (Å²) in [5.74, 6) is 0.671.